The second kappa shape index (κ2) is 5.41. The smallest absolute Gasteiger partial charge is 0.141 e. The van der Waals surface area contributed by atoms with Crippen LogP contribution in [0, 0.1) is 11.2 Å². The van der Waals surface area contributed by atoms with E-state index in [1.54, 1.807) is 12.3 Å². The first-order chi connectivity index (χ1) is 9.18. The molecular formula is C16H26FN3. The molecule has 1 aromatic rings. The van der Waals surface area contributed by atoms with Gasteiger partial charge in [0.1, 0.15) is 5.82 Å². The van der Waals surface area contributed by atoms with Crippen LogP contribution in [0.3, 0.4) is 0 Å². The Kier molecular flexibility index (Phi) is 4.17. The van der Waals surface area contributed by atoms with E-state index in [2.05, 4.69) is 49.8 Å². The van der Waals surface area contributed by atoms with Crippen molar-refractivity contribution in [3.8, 4) is 0 Å². The van der Waals surface area contributed by atoms with Gasteiger partial charge >= 0.3 is 0 Å². The Bertz CT molecular complexity index is 465. The molecular weight excluding hydrogens is 253 g/mol. The maximum absolute atomic E-state index is 13.3. The molecule has 1 N–H and O–H groups in total. The van der Waals surface area contributed by atoms with Crippen LogP contribution in [-0.4, -0.2) is 34.6 Å². The van der Waals surface area contributed by atoms with E-state index in [4.69, 9.17) is 0 Å². The van der Waals surface area contributed by atoms with Gasteiger partial charge in [-0.15, -0.1) is 0 Å². The molecule has 112 valence electrons. The molecule has 0 spiro atoms. The Labute approximate surface area is 121 Å². The highest BCUT2D eigenvalue weighted by molar-refractivity contribution is 5.11. The molecule has 1 fully saturated rings. The molecule has 2 rings (SSSR count). The molecule has 4 heteroatoms. The second-order valence-corrected chi connectivity index (χ2v) is 7.50. The van der Waals surface area contributed by atoms with Crippen molar-refractivity contribution in [2.75, 3.05) is 13.1 Å². The normalized spacial score (nSPS) is 23.8. The molecule has 0 radical (unpaired) electrons. The van der Waals surface area contributed by atoms with Crippen LogP contribution in [0.25, 0.3) is 0 Å². The van der Waals surface area contributed by atoms with E-state index in [1.165, 1.54) is 6.20 Å². The van der Waals surface area contributed by atoms with Gasteiger partial charge in [0.05, 0.1) is 6.20 Å². The van der Waals surface area contributed by atoms with Gasteiger partial charge < -0.3 is 5.32 Å². The lowest BCUT2D eigenvalue weighted by Crippen LogP contribution is -2.64. The zero-order valence-electron chi connectivity index (χ0n) is 13.2. The molecule has 0 bridgehead atoms. The average molecular weight is 279 g/mol. The SMILES string of the molecule is CC(C)(C)C1CN(Cc2cncc(F)c2)C(C)(C)CN1. The van der Waals surface area contributed by atoms with Gasteiger partial charge in [0.2, 0.25) is 0 Å². The minimum Gasteiger partial charge on any atom is -0.310 e. The molecule has 1 aliphatic rings. The van der Waals surface area contributed by atoms with E-state index in [9.17, 15) is 4.39 Å². The lowest BCUT2D eigenvalue weighted by atomic mass is 9.82. The Morgan fingerprint density at radius 1 is 1.40 bits per heavy atom. The monoisotopic (exact) mass is 279 g/mol. The fourth-order valence-corrected chi connectivity index (χ4v) is 2.64. The highest BCUT2D eigenvalue weighted by Gasteiger charge is 2.38. The molecule has 1 aliphatic heterocycles. The number of rotatable bonds is 2. The van der Waals surface area contributed by atoms with E-state index in [1.807, 2.05) is 0 Å². The quantitative estimate of drug-likeness (QED) is 0.902. The molecule has 3 nitrogen and oxygen atoms in total. The number of hydrogen-bond acceptors (Lipinski definition) is 3. The van der Waals surface area contributed by atoms with Crippen molar-refractivity contribution >= 4 is 0 Å². The van der Waals surface area contributed by atoms with E-state index in [-0.39, 0.29) is 16.8 Å². The number of piperazine rings is 1. The summed E-state index contributed by atoms with van der Waals surface area (Å²) in [5.41, 5.74) is 1.22. The van der Waals surface area contributed by atoms with E-state index in [0.717, 1.165) is 25.2 Å². The first-order valence-electron chi connectivity index (χ1n) is 7.26. The summed E-state index contributed by atoms with van der Waals surface area (Å²) in [6.07, 6.45) is 3.01. The van der Waals surface area contributed by atoms with Crippen LogP contribution < -0.4 is 5.32 Å². The number of nitrogens with one attached hydrogen (secondary N) is 1. The molecule has 20 heavy (non-hydrogen) atoms. The lowest BCUT2D eigenvalue weighted by Gasteiger charge is -2.49. The molecule has 1 saturated heterocycles. The van der Waals surface area contributed by atoms with Gasteiger partial charge in [-0.1, -0.05) is 20.8 Å². The van der Waals surface area contributed by atoms with Crippen LogP contribution in [0.15, 0.2) is 18.5 Å². The van der Waals surface area contributed by atoms with Crippen molar-refractivity contribution in [3.05, 3.63) is 29.8 Å². The van der Waals surface area contributed by atoms with E-state index >= 15 is 0 Å². The summed E-state index contributed by atoms with van der Waals surface area (Å²) in [4.78, 5) is 6.37. The van der Waals surface area contributed by atoms with Gasteiger partial charge in [0, 0.05) is 37.4 Å². The summed E-state index contributed by atoms with van der Waals surface area (Å²) in [5.74, 6) is -0.261. The predicted octanol–water partition coefficient (Wildman–Crippen LogP) is 2.82. The van der Waals surface area contributed by atoms with Crippen LogP contribution in [0.2, 0.25) is 0 Å². The second-order valence-electron chi connectivity index (χ2n) is 7.50. The molecule has 0 aromatic carbocycles. The third kappa shape index (κ3) is 3.55. The Hall–Kier alpha value is -1.00. The molecule has 1 aromatic heterocycles. The van der Waals surface area contributed by atoms with Gasteiger partial charge in [0.15, 0.2) is 0 Å². The van der Waals surface area contributed by atoms with Gasteiger partial charge in [-0.2, -0.15) is 0 Å². The molecule has 0 amide bonds. The molecule has 2 heterocycles. The van der Waals surface area contributed by atoms with Crippen LogP contribution in [0.1, 0.15) is 40.2 Å². The third-order valence-electron chi connectivity index (χ3n) is 4.22. The fourth-order valence-electron chi connectivity index (χ4n) is 2.64. The van der Waals surface area contributed by atoms with Crippen LogP contribution >= 0.6 is 0 Å². The standard InChI is InChI=1S/C16H26FN3/c1-15(2,3)14-10-20(16(4,5)11-19-14)9-12-6-13(17)8-18-7-12/h6-8,14,19H,9-11H2,1-5H3. The number of aromatic nitrogens is 1. The molecule has 0 saturated carbocycles. The topological polar surface area (TPSA) is 28.2 Å². The summed E-state index contributed by atoms with van der Waals surface area (Å²) < 4.78 is 13.3. The predicted molar refractivity (Wildman–Crippen MR) is 79.9 cm³/mol. The van der Waals surface area contributed by atoms with Crippen molar-refractivity contribution in [3.63, 3.8) is 0 Å². The fraction of sp³-hybridized carbons (Fsp3) is 0.688. The first-order valence-corrected chi connectivity index (χ1v) is 7.26. The summed E-state index contributed by atoms with van der Waals surface area (Å²) in [6.45, 7) is 13.9. The highest BCUT2D eigenvalue weighted by Crippen LogP contribution is 2.28. The van der Waals surface area contributed by atoms with Gasteiger partial charge in [-0.05, 0) is 30.9 Å². The zero-order valence-corrected chi connectivity index (χ0v) is 13.2. The highest BCUT2D eigenvalue weighted by atomic mass is 19.1. The Balaban J connectivity index is 2.14. The maximum Gasteiger partial charge on any atom is 0.141 e. The maximum atomic E-state index is 13.3. The van der Waals surface area contributed by atoms with Crippen molar-refractivity contribution in [1.82, 2.24) is 15.2 Å². The number of nitrogens with zero attached hydrogens (tertiary/aromatic N) is 2. The van der Waals surface area contributed by atoms with Crippen LogP contribution in [0.4, 0.5) is 4.39 Å². The minimum atomic E-state index is -0.261. The van der Waals surface area contributed by atoms with Crippen molar-refractivity contribution in [2.24, 2.45) is 5.41 Å². The number of pyridine rings is 1. The Morgan fingerprint density at radius 2 is 2.10 bits per heavy atom. The summed E-state index contributed by atoms with van der Waals surface area (Å²) in [5, 5.41) is 3.65. The summed E-state index contributed by atoms with van der Waals surface area (Å²) in [6, 6.07) is 2.02. The average Bonchev–Trinajstić information content (AvgIpc) is 2.30. The molecule has 1 unspecified atom stereocenters. The van der Waals surface area contributed by atoms with E-state index in [0.29, 0.717) is 6.04 Å². The lowest BCUT2D eigenvalue weighted by molar-refractivity contribution is 0.0294. The first kappa shape index (κ1) is 15.4. The van der Waals surface area contributed by atoms with Crippen molar-refractivity contribution in [2.45, 2.75) is 52.7 Å². The van der Waals surface area contributed by atoms with Gasteiger partial charge in [-0.25, -0.2) is 4.39 Å². The zero-order chi connectivity index (χ0) is 15.0. The molecule has 0 aliphatic carbocycles. The van der Waals surface area contributed by atoms with Crippen LogP contribution in [0.5, 0.6) is 0 Å². The van der Waals surface area contributed by atoms with Crippen molar-refractivity contribution < 1.29 is 4.39 Å². The Morgan fingerprint density at radius 3 is 2.70 bits per heavy atom. The summed E-state index contributed by atoms with van der Waals surface area (Å²) in [7, 11) is 0. The van der Waals surface area contributed by atoms with E-state index < -0.39 is 0 Å². The van der Waals surface area contributed by atoms with Crippen molar-refractivity contribution in [1.29, 1.82) is 0 Å². The number of hydrogen-bond donors (Lipinski definition) is 1. The van der Waals surface area contributed by atoms with Gasteiger partial charge in [0.25, 0.3) is 0 Å². The van der Waals surface area contributed by atoms with Crippen LogP contribution in [-0.2, 0) is 6.54 Å². The third-order valence-corrected chi connectivity index (χ3v) is 4.22. The largest absolute Gasteiger partial charge is 0.310 e. The minimum absolute atomic E-state index is 0.0636. The number of halogens is 1. The molecule has 1 atom stereocenters. The summed E-state index contributed by atoms with van der Waals surface area (Å²) >= 11 is 0. The van der Waals surface area contributed by atoms with Gasteiger partial charge in [-0.3, -0.25) is 9.88 Å².